The molecule has 6 unspecified atom stereocenters. The zero-order valence-electron chi connectivity index (χ0n) is 40.5. The highest BCUT2D eigenvalue weighted by molar-refractivity contribution is 7.80. The van der Waals surface area contributed by atoms with E-state index in [0.29, 0.717) is 13.0 Å². The highest BCUT2D eigenvalue weighted by Gasteiger charge is 2.48. The number of unbranched alkanes of at least 4 members (excludes halogenated alkanes) is 21. The van der Waals surface area contributed by atoms with Crippen molar-refractivity contribution in [1.29, 1.82) is 0 Å². The maximum atomic E-state index is 12.9. The van der Waals surface area contributed by atoms with Gasteiger partial charge in [0.15, 0.2) is 6.29 Å². The number of carbonyl (C=O) groups is 1. The molecule has 4 N–H and O–H groups in total. The highest BCUT2D eigenvalue weighted by Crippen LogP contribution is 2.26. The number of hydrogen-bond acceptors (Lipinski definition) is 11. The molecule has 0 spiro atoms. The van der Waals surface area contributed by atoms with Gasteiger partial charge in [-0.15, -0.1) is 0 Å². The van der Waals surface area contributed by atoms with Crippen LogP contribution in [0.3, 0.4) is 0 Å². The average Bonchev–Trinajstić information content (AvgIpc) is 3.28. The zero-order chi connectivity index (χ0) is 47.5. The van der Waals surface area contributed by atoms with Crippen LogP contribution in [0.15, 0.2) is 60.8 Å². The fraction of sp³-hybridized carbons (Fsp3) is 0.788. The fourth-order valence-electron chi connectivity index (χ4n) is 7.54. The first kappa shape index (κ1) is 60.8. The van der Waals surface area contributed by atoms with E-state index < -0.39 is 59.8 Å². The van der Waals surface area contributed by atoms with E-state index in [4.69, 9.17) is 18.9 Å². The van der Waals surface area contributed by atoms with Crippen molar-refractivity contribution in [3.05, 3.63) is 60.8 Å². The van der Waals surface area contributed by atoms with Crippen molar-refractivity contribution in [2.45, 2.75) is 237 Å². The Balaban J connectivity index is 2.37. The van der Waals surface area contributed by atoms with Crippen molar-refractivity contribution in [2.75, 3.05) is 26.4 Å². The van der Waals surface area contributed by atoms with Gasteiger partial charge in [0, 0.05) is 13.0 Å². The van der Waals surface area contributed by atoms with Crippen LogP contribution in [-0.4, -0.2) is 97.5 Å². The Kier molecular flexibility index (Phi) is 40.3. The molecule has 6 atom stereocenters. The van der Waals surface area contributed by atoms with E-state index in [1.165, 1.54) is 83.5 Å². The molecule has 0 aromatic carbocycles. The number of hydrogen-bond donors (Lipinski definition) is 4. The van der Waals surface area contributed by atoms with E-state index in [-0.39, 0.29) is 19.6 Å². The Hall–Kier alpha value is -2.20. The van der Waals surface area contributed by atoms with Gasteiger partial charge >= 0.3 is 16.4 Å². The standard InChI is InChI=1S/C52H92O12S/c1-3-5-7-9-11-13-15-17-19-21-22-23-24-25-26-28-30-32-34-36-38-40-42-60-44-46(45-61-52-50(56)51(64-65(57,58)59)49(55)47(43-53)63-52)62-48(54)41-39-37-35-33-31-29-27-20-18-16-14-12-10-8-6-4-2/h5,7,11,13,17,19-20,22-23,27,46-47,49-53,55-56H,3-4,6,8-10,12,14-16,18,21,24-26,28-45H2,1-2H3,(H,57,58,59)/b7-5-,13-11-,19-17-,23-22-,27-20-. The summed E-state index contributed by atoms with van der Waals surface area (Å²) in [5.74, 6) is -0.411. The number of allylic oxidation sites excluding steroid dienone is 10. The van der Waals surface area contributed by atoms with E-state index in [1.807, 2.05) is 0 Å². The minimum Gasteiger partial charge on any atom is -0.457 e. The molecule has 1 aliphatic rings. The van der Waals surface area contributed by atoms with Gasteiger partial charge in [-0.3, -0.25) is 9.35 Å². The molecule has 0 amide bonds. The molecule has 1 fully saturated rings. The predicted octanol–water partition coefficient (Wildman–Crippen LogP) is 11.7. The minimum atomic E-state index is -5.07. The summed E-state index contributed by atoms with van der Waals surface area (Å²) in [6.45, 7) is 3.86. The number of aliphatic hydroxyl groups is 3. The van der Waals surface area contributed by atoms with Gasteiger partial charge in [-0.25, -0.2) is 4.18 Å². The first-order chi connectivity index (χ1) is 31.6. The van der Waals surface area contributed by atoms with E-state index in [2.05, 4.69) is 78.8 Å². The molecule has 12 nitrogen and oxygen atoms in total. The van der Waals surface area contributed by atoms with Crippen LogP contribution < -0.4 is 0 Å². The van der Waals surface area contributed by atoms with Crippen molar-refractivity contribution >= 4 is 16.4 Å². The Morgan fingerprint density at radius 1 is 0.600 bits per heavy atom. The van der Waals surface area contributed by atoms with E-state index in [1.54, 1.807) is 0 Å². The summed E-state index contributed by atoms with van der Waals surface area (Å²) in [5.41, 5.74) is 0. The molecule has 0 aliphatic carbocycles. The minimum absolute atomic E-state index is 0.0267. The van der Waals surface area contributed by atoms with Gasteiger partial charge in [0.2, 0.25) is 0 Å². The lowest BCUT2D eigenvalue weighted by atomic mass is 9.99. The van der Waals surface area contributed by atoms with Gasteiger partial charge in [-0.05, 0) is 77.0 Å². The van der Waals surface area contributed by atoms with Gasteiger partial charge in [0.05, 0.1) is 19.8 Å². The second kappa shape index (κ2) is 43.1. The van der Waals surface area contributed by atoms with Crippen molar-refractivity contribution in [2.24, 2.45) is 0 Å². The Morgan fingerprint density at radius 2 is 1.06 bits per heavy atom. The van der Waals surface area contributed by atoms with Crippen LogP contribution in [0.25, 0.3) is 0 Å². The second-order valence-electron chi connectivity index (χ2n) is 17.4. The smallest absolute Gasteiger partial charge is 0.397 e. The second-order valence-corrected chi connectivity index (χ2v) is 18.4. The number of aliphatic hydroxyl groups excluding tert-OH is 3. The first-order valence-corrected chi connectivity index (χ1v) is 26.9. The van der Waals surface area contributed by atoms with Crippen LogP contribution in [0.2, 0.25) is 0 Å². The third kappa shape index (κ3) is 36.5. The van der Waals surface area contributed by atoms with Crippen LogP contribution >= 0.6 is 0 Å². The molecule has 0 bridgehead atoms. The quantitative estimate of drug-likeness (QED) is 0.0197. The number of rotatable bonds is 44. The first-order valence-electron chi connectivity index (χ1n) is 25.5. The van der Waals surface area contributed by atoms with Crippen molar-refractivity contribution in [3.63, 3.8) is 0 Å². The SMILES string of the molecule is CC/C=C\C/C=C\C/C=C\C/C=C\CCCCCCCCCCCOCC(COC1OC(CO)C(O)C(OS(=O)(=O)O)C1O)OC(=O)CCCCCCC/C=C\CCCCCCCCC. The van der Waals surface area contributed by atoms with Crippen LogP contribution in [0.5, 0.6) is 0 Å². The molecular formula is C52H92O12S. The summed E-state index contributed by atoms with van der Waals surface area (Å²) in [4.78, 5) is 12.9. The largest absolute Gasteiger partial charge is 0.457 e. The fourth-order valence-corrected chi connectivity index (χ4v) is 8.05. The molecular weight excluding hydrogens is 849 g/mol. The van der Waals surface area contributed by atoms with Crippen molar-refractivity contribution < 1.29 is 56.2 Å². The zero-order valence-corrected chi connectivity index (χ0v) is 41.4. The maximum absolute atomic E-state index is 12.9. The van der Waals surface area contributed by atoms with Crippen molar-refractivity contribution in [1.82, 2.24) is 0 Å². The van der Waals surface area contributed by atoms with Crippen LogP contribution in [0, 0.1) is 0 Å². The molecule has 1 saturated heterocycles. The summed E-state index contributed by atoms with van der Waals surface area (Å²) in [6, 6.07) is 0. The van der Waals surface area contributed by atoms with E-state index in [0.717, 1.165) is 89.9 Å². The predicted molar refractivity (Wildman–Crippen MR) is 262 cm³/mol. The normalized spacial score (nSPS) is 20.1. The summed E-state index contributed by atoms with van der Waals surface area (Å²) in [5, 5.41) is 30.7. The summed E-state index contributed by atoms with van der Waals surface area (Å²) < 4.78 is 59.2. The van der Waals surface area contributed by atoms with Crippen LogP contribution in [0.1, 0.15) is 200 Å². The molecule has 65 heavy (non-hydrogen) atoms. The van der Waals surface area contributed by atoms with Gasteiger partial charge in [0.1, 0.15) is 30.5 Å². The average molecular weight is 941 g/mol. The molecule has 1 heterocycles. The van der Waals surface area contributed by atoms with Crippen LogP contribution in [0.4, 0.5) is 0 Å². The van der Waals surface area contributed by atoms with Crippen molar-refractivity contribution in [3.8, 4) is 0 Å². The molecule has 378 valence electrons. The third-order valence-corrected chi connectivity index (χ3v) is 11.8. The Morgan fingerprint density at radius 3 is 1.57 bits per heavy atom. The third-order valence-electron chi connectivity index (χ3n) is 11.4. The van der Waals surface area contributed by atoms with Crippen LogP contribution in [-0.2, 0) is 38.3 Å². The highest BCUT2D eigenvalue weighted by atomic mass is 32.3. The van der Waals surface area contributed by atoms with E-state index >= 15 is 0 Å². The Bertz CT molecular complexity index is 1360. The molecule has 0 saturated carbocycles. The molecule has 0 aromatic heterocycles. The summed E-state index contributed by atoms with van der Waals surface area (Å²) in [7, 11) is -5.07. The molecule has 0 aromatic rings. The lowest BCUT2D eigenvalue weighted by molar-refractivity contribution is -0.301. The maximum Gasteiger partial charge on any atom is 0.397 e. The molecule has 0 radical (unpaired) electrons. The van der Waals surface area contributed by atoms with Gasteiger partial charge in [-0.1, -0.05) is 177 Å². The number of carbonyl (C=O) groups excluding carboxylic acids is 1. The summed E-state index contributed by atoms with van der Waals surface area (Å²) >= 11 is 0. The topological polar surface area (TPSA) is 178 Å². The molecule has 1 rings (SSSR count). The van der Waals surface area contributed by atoms with Gasteiger partial charge in [0.25, 0.3) is 0 Å². The monoisotopic (exact) mass is 941 g/mol. The Labute approximate surface area is 395 Å². The molecule has 1 aliphatic heterocycles. The molecule has 13 heteroatoms. The van der Waals surface area contributed by atoms with E-state index in [9.17, 15) is 33.1 Å². The number of ether oxygens (including phenoxy) is 4. The summed E-state index contributed by atoms with van der Waals surface area (Å²) in [6.07, 6.45) is 45.3. The van der Waals surface area contributed by atoms with Gasteiger partial charge in [-0.2, -0.15) is 8.42 Å². The number of esters is 1. The lowest BCUT2D eigenvalue weighted by Gasteiger charge is -2.41. The van der Waals surface area contributed by atoms with Gasteiger partial charge < -0.3 is 34.3 Å². The lowest BCUT2D eigenvalue weighted by Crippen LogP contribution is -2.60.